The minimum Gasteiger partial charge on any atom is -0.484 e. The molecular weight excluding hydrogens is 440 g/mol. The molecule has 1 fully saturated rings. The number of amides is 3. The highest BCUT2D eigenvalue weighted by atomic mass is 35.5. The van der Waals surface area contributed by atoms with Crippen LogP contribution < -0.4 is 9.64 Å². The van der Waals surface area contributed by atoms with E-state index < -0.39 is 11.9 Å². The van der Waals surface area contributed by atoms with E-state index in [4.69, 9.17) is 16.3 Å². The second-order valence-corrected chi connectivity index (χ2v) is 8.31. The summed E-state index contributed by atoms with van der Waals surface area (Å²) in [5.41, 5.74) is 2.38. The summed E-state index contributed by atoms with van der Waals surface area (Å²) in [5, 5.41) is 0.503. The highest BCUT2D eigenvalue weighted by molar-refractivity contribution is 6.30. The maximum absolute atomic E-state index is 13.3. The lowest BCUT2D eigenvalue weighted by Gasteiger charge is -2.28. The normalized spacial score (nSPS) is 15.6. The van der Waals surface area contributed by atoms with Gasteiger partial charge < -0.3 is 9.64 Å². The molecule has 6 nitrogen and oxygen atoms in total. The van der Waals surface area contributed by atoms with Crippen LogP contribution in [0.3, 0.4) is 0 Å². The van der Waals surface area contributed by atoms with Gasteiger partial charge in [-0.3, -0.25) is 14.4 Å². The molecule has 3 aromatic rings. The number of carbonyl (C=O) groups excluding carboxylic acids is 3. The first-order valence-electron chi connectivity index (χ1n) is 10.6. The Morgan fingerprint density at radius 3 is 2.33 bits per heavy atom. The van der Waals surface area contributed by atoms with Crippen LogP contribution in [0.15, 0.2) is 78.9 Å². The topological polar surface area (TPSA) is 66.9 Å². The number of halogens is 1. The summed E-state index contributed by atoms with van der Waals surface area (Å²) in [4.78, 5) is 41.9. The van der Waals surface area contributed by atoms with E-state index in [0.29, 0.717) is 16.5 Å². The molecule has 33 heavy (non-hydrogen) atoms. The molecule has 4 rings (SSSR count). The van der Waals surface area contributed by atoms with Crippen LogP contribution in [0, 0.1) is 6.92 Å². The number of ether oxygens (including phenoxy) is 1. The quantitative estimate of drug-likeness (QED) is 0.488. The first kappa shape index (κ1) is 22.6. The largest absolute Gasteiger partial charge is 0.484 e. The molecule has 0 aliphatic carbocycles. The fourth-order valence-electron chi connectivity index (χ4n) is 3.73. The summed E-state index contributed by atoms with van der Waals surface area (Å²) < 4.78 is 5.64. The Hall–Kier alpha value is -3.64. The van der Waals surface area contributed by atoms with Gasteiger partial charge in [0.15, 0.2) is 6.61 Å². The van der Waals surface area contributed by atoms with Gasteiger partial charge in [0, 0.05) is 11.6 Å². The maximum Gasteiger partial charge on any atom is 0.261 e. The predicted octanol–water partition coefficient (Wildman–Crippen LogP) is 4.39. The van der Waals surface area contributed by atoms with Crippen LogP contribution in [0.2, 0.25) is 5.02 Å². The number of hydrogen-bond donors (Lipinski definition) is 0. The van der Waals surface area contributed by atoms with Crippen LogP contribution in [0.4, 0.5) is 5.69 Å². The number of carbonyl (C=O) groups is 3. The van der Waals surface area contributed by atoms with Crippen molar-refractivity contribution in [2.24, 2.45) is 0 Å². The van der Waals surface area contributed by atoms with E-state index in [1.54, 1.807) is 36.4 Å². The molecule has 1 saturated heterocycles. The smallest absolute Gasteiger partial charge is 0.261 e. The molecule has 0 radical (unpaired) electrons. The van der Waals surface area contributed by atoms with E-state index in [-0.39, 0.29) is 31.4 Å². The zero-order valence-electron chi connectivity index (χ0n) is 18.1. The molecule has 1 aliphatic heterocycles. The highest BCUT2D eigenvalue weighted by Crippen LogP contribution is 2.28. The summed E-state index contributed by atoms with van der Waals surface area (Å²) in [6.45, 7) is 1.92. The Bertz CT molecular complexity index is 1150. The van der Waals surface area contributed by atoms with E-state index in [1.165, 1.54) is 4.90 Å². The lowest BCUT2D eigenvalue weighted by Crippen LogP contribution is -2.46. The molecule has 7 heteroatoms. The number of para-hydroxylation sites is 1. The number of imide groups is 1. The van der Waals surface area contributed by atoms with Crippen LogP contribution in [-0.4, -0.2) is 35.3 Å². The number of benzene rings is 3. The monoisotopic (exact) mass is 462 g/mol. The van der Waals surface area contributed by atoms with Gasteiger partial charge in [0.25, 0.3) is 11.8 Å². The Labute approximate surface area is 197 Å². The molecule has 1 aliphatic rings. The molecular formula is C26H23ClN2O4. The van der Waals surface area contributed by atoms with Crippen molar-refractivity contribution in [1.82, 2.24) is 4.90 Å². The van der Waals surface area contributed by atoms with E-state index >= 15 is 0 Å². The Balaban J connectivity index is 1.58. The lowest BCUT2D eigenvalue weighted by molar-refractivity contribution is -0.140. The average molecular weight is 463 g/mol. The molecule has 0 saturated carbocycles. The minimum atomic E-state index is -0.915. The fraction of sp³-hybridized carbons (Fsp3) is 0.192. The van der Waals surface area contributed by atoms with Crippen LogP contribution in [-0.2, 0) is 20.9 Å². The van der Waals surface area contributed by atoms with Crippen molar-refractivity contribution in [2.45, 2.75) is 25.9 Å². The summed E-state index contributed by atoms with van der Waals surface area (Å²) in [6.07, 6.45) is -0.0929. The van der Waals surface area contributed by atoms with Crippen LogP contribution in [0.5, 0.6) is 5.75 Å². The van der Waals surface area contributed by atoms with Crippen molar-refractivity contribution < 1.29 is 19.1 Å². The Morgan fingerprint density at radius 1 is 1.00 bits per heavy atom. The summed E-state index contributed by atoms with van der Waals surface area (Å²) in [6, 6.07) is 22.2. The van der Waals surface area contributed by atoms with Gasteiger partial charge in [-0.25, -0.2) is 4.90 Å². The third-order valence-corrected chi connectivity index (χ3v) is 5.74. The Morgan fingerprint density at radius 2 is 1.67 bits per heavy atom. The Kier molecular flexibility index (Phi) is 6.75. The van der Waals surface area contributed by atoms with Crippen LogP contribution in [0.1, 0.15) is 17.5 Å². The number of aryl methyl sites for hydroxylation is 1. The molecule has 168 valence electrons. The number of nitrogens with zero attached hydrogens (tertiary/aromatic N) is 2. The van der Waals surface area contributed by atoms with Crippen LogP contribution in [0.25, 0.3) is 0 Å². The van der Waals surface area contributed by atoms with E-state index in [9.17, 15) is 14.4 Å². The fourth-order valence-corrected chi connectivity index (χ4v) is 3.85. The second kappa shape index (κ2) is 9.88. The van der Waals surface area contributed by atoms with Crippen molar-refractivity contribution >= 4 is 35.0 Å². The summed E-state index contributed by atoms with van der Waals surface area (Å²) in [7, 11) is 0. The molecule has 0 N–H and O–H groups in total. The van der Waals surface area contributed by atoms with Crippen LogP contribution >= 0.6 is 11.6 Å². The van der Waals surface area contributed by atoms with E-state index in [2.05, 4.69) is 0 Å². The first-order chi connectivity index (χ1) is 15.9. The summed E-state index contributed by atoms with van der Waals surface area (Å²) >= 11 is 5.94. The van der Waals surface area contributed by atoms with Crippen molar-refractivity contribution in [3.63, 3.8) is 0 Å². The molecule has 3 amide bonds. The van der Waals surface area contributed by atoms with Gasteiger partial charge in [-0.05, 0) is 48.9 Å². The van der Waals surface area contributed by atoms with Gasteiger partial charge in [-0.1, -0.05) is 59.6 Å². The third kappa shape index (κ3) is 5.23. The van der Waals surface area contributed by atoms with Gasteiger partial charge in [-0.15, -0.1) is 0 Å². The first-order valence-corrected chi connectivity index (χ1v) is 11.0. The predicted molar refractivity (Wildman–Crippen MR) is 126 cm³/mol. The SMILES string of the molecule is Cc1ccc(CN(C(=O)COc2ccccc2)C2CC(=O)N(c3ccc(Cl)cc3)C2=O)cc1. The van der Waals surface area contributed by atoms with Crippen molar-refractivity contribution in [3.8, 4) is 5.75 Å². The molecule has 1 unspecified atom stereocenters. The average Bonchev–Trinajstić information content (AvgIpc) is 3.12. The molecule has 0 aromatic heterocycles. The minimum absolute atomic E-state index is 0.0929. The standard InChI is InChI=1S/C26H23ClN2O4/c1-18-7-9-19(10-8-18)16-28(25(31)17-33-22-5-3-2-4-6-22)23-15-24(30)29(26(23)32)21-13-11-20(27)12-14-21/h2-14,23H,15-17H2,1H3. The van der Waals surface area contributed by atoms with Gasteiger partial charge in [0.1, 0.15) is 11.8 Å². The third-order valence-electron chi connectivity index (χ3n) is 5.48. The van der Waals surface area contributed by atoms with Gasteiger partial charge in [-0.2, -0.15) is 0 Å². The van der Waals surface area contributed by atoms with Crippen molar-refractivity contribution in [1.29, 1.82) is 0 Å². The second-order valence-electron chi connectivity index (χ2n) is 7.87. The zero-order chi connectivity index (χ0) is 23.4. The molecule has 0 bridgehead atoms. The van der Waals surface area contributed by atoms with E-state index in [1.807, 2.05) is 49.4 Å². The summed E-state index contributed by atoms with van der Waals surface area (Å²) in [5.74, 6) is -0.623. The molecule has 3 aromatic carbocycles. The van der Waals surface area contributed by atoms with E-state index in [0.717, 1.165) is 16.0 Å². The number of anilines is 1. The zero-order valence-corrected chi connectivity index (χ0v) is 18.9. The lowest BCUT2D eigenvalue weighted by atomic mass is 10.1. The number of hydrogen-bond acceptors (Lipinski definition) is 4. The van der Waals surface area contributed by atoms with Crippen molar-refractivity contribution in [3.05, 3.63) is 95.0 Å². The van der Waals surface area contributed by atoms with Crippen molar-refractivity contribution in [2.75, 3.05) is 11.5 Å². The van der Waals surface area contributed by atoms with Gasteiger partial charge >= 0.3 is 0 Å². The number of rotatable bonds is 7. The van der Waals surface area contributed by atoms with Gasteiger partial charge in [0.2, 0.25) is 5.91 Å². The maximum atomic E-state index is 13.3. The molecule has 0 spiro atoms. The molecule has 1 atom stereocenters. The van der Waals surface area contributed by atoms with Gasteiger partial charge in [0.05, 0.1) is 12.1 Å². The molecule has 1 heterocycles. The highest BCUT2D eigenvalue weighted by Gasteiger charge is 2.44.